The highest BCUT2D eigenvalue weighted by atomic mass is 35.5. The summed E-state index contributed by atoms with van der Waals surface area (Å²) in [6.45, 7) is 7.01. The monoisotopic (exact) mass is 438 g/mol. The summed E-state index contributed by atoms with van der Waals surface area (Å²) in [6.07, 6.45) is 3.70. The molecule has 3 rings (SSSR count). The second-order valence-corrected chi connectivity index (χ2v) is 8.46. The van der Waals surface area contributed by atoms with Crippen LogP contribution in [-0.4, -0.2) is 28.7 Å². The standard InChI is InChI=1S/C22H28Cl2N2O3/c1-4-28-20(27)13-29-19-8-6-5-7-18-21(19)26(22(25-18)14(2)3)12-15-9-10-16(23)17(24)11-15/h9-11,14,19H,4-8,12-13H2,1-3H3. The van der Waals surface area contributed by atoms with Gasteiger partial charge in [0.2, 0.25) is 0 Å². The van der Waals surface area contributed by atoms with Crippen LogP contribution in [0, 0.1) is 0 Å². The summed E-state index contributed by atoms with van der Waals surface area (Å²) in [6, 6.07) is 5.69. The largest absolute Gasteiger partial charge is 0.464 e. The molecule has 0 spiro atoms. The zero-order valence-electron chi connectivity index (χ0n) is 17.2. The number of rotatable bonds is 7. The number of imidazole rings is 1. The molecule has 1 aromatic heterocycles. The van der Waals surface area contributed by atoms with Crippen molar-refractivity contribution in [2.45, 2.75) is 65.0 Å². The van der Waals surface area contributed by atoms with Crippen molar-refractivity contribution >= 4 is 29.2 Å². The van der Waals surface area contributed by atoms with Gasteiger partial charge in [0.25, 0.3) is 0 Å². The number of aryl methyl sites for hydroxylation is 1. The molecule has 0 amide bonds. The Kier molecular flexibility index (Phi) is 7.60. The van der Waals surface area contributed by atoms with E-state index in [1.807, 2.05) is 18.2 Å². The Morgan fingerprint density at radius 3 is 2.76 bits per heavy atom. The van der Waals surface area contributed by atoms with Gasteiger partial charge in [-0.25, -0.2) is 9.78 Å². The highest BCUT2D eigenvalue weighted by molar-refractivity contribution is 6.42. The Labute approximate surface area is 182 Å². The maximum Gasteiger partial charge on any atom is 0.332 e. The van der Waals surface area contributed by atoms with Gasteiger partial charge in [-0.15, -0.1) is 0 Å². The van der Waals surface area contributed by atoms with E-state index in [9.17, 15) is 4.79 Å². The Morgan fingerprint density at radius 2 is 2.07 bits per heavy atom. The number of nitrogens with zero attached hydrogens (tertiary/aromatic N) is 2. The van der Waals surface area contributed by atoms with Crippen LogP contribution < -0.4 is 0 Å². The number of benzene rings is 1. The number of esters is 1. The van der Waals surface area contributed by atoms with Crippen LogP contribution in [-0.2, 0) is 27.2 Å². The molecule has 0 bridgehead atoms. The van der Waals surface area contributed by atoms with Gasteiger partial charge in [-0.2, -0.15) is 0 Å². The average molecular weight is 439 g/mol. The fraction of sp³-hybridized carbons (Fsp3) is 0.545. The molecule has 0 saturated carbocycles. The summed E-state index contributed by atoms with van der Waals surface area (Å²) in [5, 5.41) is 1.08. The lowest BCUT2D eigenvalue weighted by atomic mass is 10.1. The van der Waals surface area contributed by atoms with Crippen molar-refractivity contribution in [1.29, 1.82) is 0 Å². The van der Waals surface area contributed by atoms with E-state index in [1.54, 1.807) is 6.92 Å². The molecule has 2 aromatic rings. The summed E-state index contributed by atoms with van der Waals surface area (Å²) in [5.74, 6) is 0.945. The minimum atomic E-state index is -0.335. The molecule has 1 heterocycles. The highest BCUT2D eigenvalue weighted by Gasteiger charge is 2.29. The first-order chi connectivity index (χ1) is 13.9. The van der Waals surface area contributed by atoms with Crippen molar-refractivity contribution in [3.05, 3.63) is 51.0 Å². The van der Waals surface area contributed by atoms with Crippen LogP contribution in [0.4, 0.5) is 0 Å². The van der Waals surface area contributed by atoms with Gasteiger partial charge in [-0.1, -0.05) is 49.5 Å². The third kappa shape index (κ3) is 5.33. The summed E-state index contributed by atoms with van der Waals surface area (Å²) < 4.78 is 13.3. The third-order valence-corrected chi connectivity index (χ3v) is 5.84. The number of carbonyl (C=O) groups is 1. The molecule has 1 unspecified atom stereocenters. The number of hydrogen-bond acceptors (Lipinski definition) is 4. The van der Waals surface area contributed by atoms with Crippen LogP contribution in [0.2, 0.25) is 10.0 Å². The first kappa shape index (κ1) is 22.1. The zero-order valence-corrected chi connectivity index (χ0v) is 18.7. The van der Waals surface area contributed by atoms with E-state index in [1.165, 1.54) is 0 Å². The minimum absolute atomic E-state index is 0.0487. The van der Waals surface area contributed by atoms with Gasteiger partial charge in [-0.05, 0) is 43.9 Å². The van der Waals surface area contributed by atoms with Crippen LogP contribution in [0.5, 0.6) is 0 Å². The molecule has 0 radical (unpaired) electrons. The van der Waals surface area contributed by atoms with E-state index in [2.05, 4.69) is 18.4 Å². The Hall–Kier alpha value is -1.56. The van der Waals surface area contributed by atoms with Gasteiger partial charge < -0.3 is 14.0 Å². The Bertz CT molecular complexity index is 864. The first-order valence-electron chi connectivity index (χ1n) is 10.2. The summed E-state index contributed by atoms with van der Waals surface area (Å²) in [5.41, 5.74) is 3.19. The second-order valence-electron chi connectivity index (χ2n) is 7.64. The minimum Gasteiger partial charge on any atom is -0.464 e. The smallest absolute Gasteiger partial charge is 0.332 e. The molecule has 5 nitrogen and oxygen atoms in total. The Morgan fingerprint density at radius 1 is 1.28 bits per heavy atom. The first-order valence-corrected chi connectivity index (χ1v) is 11.0. The molecular weight excluding hydrogens is 411 g/mol. The van der Waals surface area contributed by atoms with Crippen LogP contribution in [0.25, 0.3) is 0 Å². The quantitative estimate of drug-likeness (QED) is 0.410. The summed E-state index contributed by atoms with van der Waals surface area (Å²) >= 11 is 12.3. The Balaban J connectivity index is 1.96. The SMILES string of the molecule is CCOC(=O)COC1CCCCc2nc(C(C)C)n(Cc3ccc(Cl)c(Cl)c3)c21. The van der Waals surface area contributed by atoms with Crippen LogP contribution in [0.3, 0.4) is 0 Å². The maximum atomic E-state index is 11.8. The summed E-state index contributed by atoms with van der Waals surface area (Å²) in [7, 11) is 0. The van der Waals surface area contributed by atoms with Crippen LogP contribution in [0.1, 0.15) is 74.8 Å². The number of fused-ring (bicyclic) bond motifs is 1. The fourth-order valence-electron chi connectivity index (χ4n) is 3.80. The van der Waals surface area contributed by atoms with Gasteiger partial charge >= 0.3 is 5.97 Å². The molecular formula is C22H28Cl2N2O3. The van der Waals surface area contributed by atoms with Gasteiger partial charge in [0.1, 0.15) is 18.5 Å². The van der Waals surface area contributed by atoms with E-state index in [4.69, 9.17) is 37.7 Å². The van der Waals surface area contributed by atoms with Crippen molar-refractivity contribution in [3.8, 4) is 0 Å². The zero-order chi connectivity index (χ0) is 21.0. The molecule has 1 aromatic carbocycles. The van der Waals surface area contributed by atoms with E-state index < -0.39 is 0 Å². The lowest BCUT2D eigenvalue weighted by Crippen LogP contribution is -2.19. The molecule has 1 aliphatic rings. The van der Waals surface area contributed by atoms with Crippen molar-refractivity contribution in [2.24, 2.45) is 0 Å². The lowest BCUT2D eigenvalue weighted by molar-refractivity contribution is -0.151. The number of carbonyl (C=O) groups excluding carboxylic acids is 1. The van der Waals surface area contributed by atoms with Crippen molar-refractivity contribution in [2.75, 3.05) is 13.2 Å². The highest BCUT2D eigenvalue weighted by Crippen LogP contribution is 2.35. The molecule has 29 heavy (non-hydrogen) atoms. The van der Waals surface area contributed by atoms with Crippen molar-refractivity contribution < 1.29 is 14.3 Å². The van der Waals surface area contributed by atoms with E-state index >= 15 is 0 Å². The second kappa shape index (κ2) is 9.96. The lowest BCUT2D eigenvalue weighted by Gasteiger charge is -2.21. The fourth-order valence-corrected chi connectivity index (χ4v) is 4.12. The van der Waals surface area contributed by atoms with E-state index in [0.717, 1.165) is 48.5 Å². The maximum absolute atomic E-state index is 11.8. The molecule has 0 N–H and O–H groups in total. The average Bonchev–Trinajstić information content (AvgIpc) is 2.90. The predicted molar refractivity (Wildman–Crippen MR) is 115 cm³/mol. The molecule has 158 valence electrons. The summed E-state index contributed by atoms with van der Waals surface area (Å²) in [4.78, 5) is 16.8. The van der Waals surface area contributed by atoms with Gasteiger partial charge in [0, 0.05) is 12.5 Å². The topological polar surface area (TPSA) is 53.4 Å². The molecule has 0 saturated heterocycles. The van der Waals surface area contributed by atoms with Gasteiger partial charge in [-0.3, -0.25) is 0 Å². The molecule has 1 aliphatic carbocycles. The molecule has 0 fully saturated rings. The normalized spacial score (nSPS) is 16.6. The van der Waals surface area contributed by atoms with Crippen LogP contribution >= 0.6 is 23.2 Å². The molecule has 0 aliphatic heterocycles. The molecule has 7 heteroatoms. The number of halogens is 2. The number of hydrogen-bond donors (Lipinski definition) is 0. The van der Waals surface area contributed by atoms with Gasteiger partial charge in [0.15, 0.2) is 0 Å². The number of aromatic nitrogens is 2. The van der Waals surface area contributed by atoms with Crippen molar-refractivity contribution in [3.63, 3.8) is 0 Å². The van der Waals surface area contributed by atoms with Crippen molar-refractivity contribution in [1.82, 2.24) is 9.55 Å². The van der Waals surface area contributed by atoms with E-state index in [0.29, 0.717) is 23.2 Å². The predicted octanol–water partition coefficient (Wildman–Crippen LogP) is 5.71. The van der Waals surface area contributed by atoms with Crippen LogP contribution in [0.15, 0.2) is 18.2 Å². The van der Waals surface area contributed by atoms with E-state index in [-0.39, 0.29) is 24.6 Å². The van der Waals surface area contributed by atoms with Gasteiger partial charge in [0.05, 0.1) is 28.0 Å². The third-order valence-electron chi connectivity index (χ3n) is 5.10. The number of ether oxygens (including phenoxy) is 2. The molecule has 1 atom stereocenters.